The van der Waals surface area contributed by atoms with Crippen molar-refractivity contribution in [1.82, 2.24) is 10.6 Å². The number of unbranched alkanes of at least 4 members (excludes halogenated alkanes) is 3. The highest BCUT2D eigenvalue weighted by Gasteiger charge is 2.28. The first-order valence-corrected chi connectivity index (χ1v) is 11.6. The lowest BCUT2D eigenvalue weighted by Crippen LogP contribution is -3.00. The van der Waals surface area contributed by atoms with Crippen molar-refractivity contribution >= 4 is 11.8 Å². The summed E-state index contributed by atoms with van der Waals surface area (Å²) in [6, 6.07) is 0. The van der Waals surface area contributed by atoms with E-state index in [0.717, 1.165) is 73.9 Å². The third-order valence-electron chi connectivity index (χ3n) is 6.59. The molecule has 0 saturated carbocycles. The average Bonchev–Trinajstić information content (AvgIpc) is 2.64. The molecule has 178 valence electrons. The molecule has 2 amide bonds. The number of nitrogens with one attached hydrogen (secondary N) is 2. The van der Waals surface area contributed by atoms with Gasteiger partial charge in [0.25, 0.3) is 11.8 Å². The first kappa shape index (κ1) is 30.3. The van der Waals surface area contributed by atoms with Crippen LogP contribution in [0.5, 0.6) is 0 Å². The molecule has 2 N–H and O–H groups in total. The number of likely N-dealkylation sites (N-methyl/N-ethyl adjacent to an activating group) is 2. The maximum Gasteiger partial charge on any atom is 0.275 e. The number of hydrogen-bond donors (Lipinski definition) is 2. The van der Waals surface area contributed by atoms with Crippen LogP contribution >= 0.6 is 0 Å². The Morgan fingerprint density at radius 1 is 0.600 bits per heavy atom. The van der Waals surface area contributed by atoms with E-state index in [4.69, 9.17) is 0 Å². The average molecular weight is 650 g/mol. The number of nitrogens with zero attached hydrogens (tertiary/aromatic N) is 2. The standard InChI is InChI=1S/C22H42N4O2.2HI/c1-25(15-9-5-10-16-25)19-21(27)23-13-7-3-4-8-14-24-22(28)20-26(2)17-11-6-12-18-26;;/h3-20H2,1-2H3;2*1H. The smallest absolute Gasteiger partial charge is 0.275 e. The summed E-state index contributed by atoms with van der Waals surface area (Å²) >= 11 is 0. The lowest BCUT2D eigenvalue weighted by atomic mass is 10.1. The Hall–Kier alpha value is 0.320. The summed E-state index contributed by atoms with van der Waals surface area (Å²) in [5.41, 5.74) is 0. The second kappa shape index (κ2) is 16.0. The van der Waals surface area contributed by atoms with Gasteiger partial charge in [-0.25, -0.2) is 0 Å². The predicted octanol–water partition coefficient (Wildman–Crippen LogP) is -3.95. The number of piperidine rings is 2. The lowest BCUT2D eigenvalue weighted by Gasteiger charge is -2.37. The molecule has 2 saturated heterocycles. The number of halogens is 2. The van der Waals surface area contributed by atoms with Gasteiger partial charge >= 0.3 is 0 Å². The van der Waals surface area contributed by atoms with Crippen molar-refractivity contribution in [3.63, 3.8) is 0 Å². The molecule has 2 fully saturated rings. The second-order valence-corrected chi connectivity index (χ2v) is 9.69. The van der Waals surface area contributed by atoms with Crippen LogP contribution in [0.25, 0.3) is 0 Å². The molecule has 2 aliphatic rings. The molecule has 0 aromatic heterocycles. The van der Waals surface area contributed by atoms with E-state index in [2.05, 4.69) is 24.7 Å². The minimum atomic E-state index is 0. The van der Waals surface area contributed by atoms with Crippen LogP contribution in [-0.2, 0) is 9.59 Å². The van der Waals surface area contributed by atoms with Gasteiger partial charge in [-0.3, -0.25) is 9.59 Å². The Bertz CT molecular complexity index is 450. The van der Waals surface area contributed by atoms with Gasteiger partial charge in [0.15, 0.2) is 13.1 Å². The normalized spacial score (nSPS) is 19.7. The molecule has 0 bridgehead atoms. The van der Waals surface area contributed by atoms with E-state index in [1.54, 1.807) is 0 Å². The number of carbonyl (C=O) groups excluding carboxylic acids is 2. The van der Waals surface area contributed by atoms with E-state index in [1.807, 2.05) is 0 Å². The quantitative estimate of drug-likeness (QED) is 0.137. The van der Waals surface area contributed by atoms with E-state index < -0.39 is 0 Å². The second-order valence-electron chi connectivity index (χ2n) is 9.69. The molecule has 0 spiro atoms. The molecule has 2 aliphatic heterocycles. The summed E-state index contributed by atoms with van der Waals surface area (Å²) < 4.78 is 1.81. The van der Waals surface area contributed by atoms with E-state index in [0.29, 0.717) is 13.1 Å². The van der Waals surface area contributed by atoms with Crippen LogP contribution in [0.1, 0.15) is 64.2 Å². The molecule has 0 aliphatic carbocycles. The Morgan fingerprint density at radius 2 is 0.933 bits per heavy atom. The predicted molar refractivity (Wildman–Crippen MR) is 114 cm³/mol. The first-order chi connectivity index (χ1) is 13.4. The topological polar surface area (TPSA) is 58.2 Å². The van der Waals surface area contributed by atoms with Crippen molar-refractivity contribution in [2.45, 2.75) is 64.2 Å². The van der Waals surface area contributed by atoms with Crippen molar-refractivity contribution in [1.29, 1.82) is 0 Å². The molecule has 6 nitrogen and oxygen atoms in total. The third kappa shape index (κ3) is 12.4. The Balaban J connectivity index is 0.00000420. The van der Waals surface area contributed by atoms with Gasteiger partial charge in [0.2, 0.25) is 0 Å². The van der Waals surface area contributed by atoms with Crippen molar-refractivity contribution in [3.05, 3.63) is 0 Å². The molecule has 0 atom stereocenters. The van der Waals surface area contributed by atoms with E-state index >= 15 is 0 Å². The van der Waals surface area contributed by atoms with Gasteiger partial charge in [0.1, 0.15) is 0 Å². The molecule has 30 heavy (non-hydrogen) atoms. The van der Waals surface area contributed by atoms with Crippen molar-refractivity contribution in [2.24, 2.45) is 0 Å². The molecule has 0 aromatic carbocycles. The fraction of sp³-hybridized carbons (Fsp3) is 0.909. The maximum atomic E-state index is 12.1. The van der Waals surface area contributed by atoms with Crippen molar-refractivity contribution < 1.29 is 66.5 Å². The number of amides is 2. The van der Waals surface area contributed by atoms with Crippen LogP contribution in [0.15, 0.2) is 0 Å². The molecule has 8 heteroatoms. The van der Waals surface area contributed by atoms with Crippen LogP contribution in [0, 0.1) is 0 Å². The fourth-order valence-corrected chi connectivity index (χ4v) is 4.73. The number of likely N-dealkylation sites (tertiary alicyclic amines) is 2. The van der Waals surface area contributed by atoms with E-state index in [1.165, 1.54) is 38.5 Å². The molecular weight excluding hydrogens is 606 g/mol. The monoisotopic (exact) mass is 650 g/mol. The van der Waals surface area contributed by atoms with E-state index in [9.17, 15) is 9.59 Å². The molecule has 0 unspecified atom stereocenters. The number of quaternary nitrogens is 2. The summed E-state index contributed by atoms with van der Waals surface area (Å²) in [5.74, 6) is 0.400. The van der Waals surface area contributed by atoms with Crippen LogP contribution in [0.4, 0.5) is 0 Å². The summed E-state index contributed by atoms with van der Waals surface area (Å²) in [6.45, 7) is 7.36. The lowest BCUT2D eigenvalue weighted by molar-refractivity contribution is -0.906. The maximum absolute atomic E-state index is 12.1. The zero-order valence-corrected chi connectivity index (χ0v) is 23.5. The molecule has 2 heterocycles. The van der Waals surface area contributed by atoms with Gasteiger partial charge < -0.3 is 67.6 Å². The van der Waals surface area contributed by atoms with Gasteiger partial charge in [-0.15, -0.1) is 0 Å². The van der Waals surface area contributed by atoms with Gasteiger partial charge in [-0.2, -0.15) is 0 Å². The van der Waals surface area contributed by atoms with Gasteiger partial charge in [0.05, 0.1) is 40.3 Å². The Morgan fingerprint density at radius 3 is 1.27 bits per heavy atom. The zero-order valence-electron chi connectivity index (χ0n) is 19.2. The highest BCUT2D eigenvalue weighted by molar-refractivity contribution is 5.77. The van der Waals surface area contributed by atoms with Crippen LogP contribution in [-0.4, -0.2) is 87.2 Å². The van der Waals surface area contributed by atoms with Crippen LogP contribution < -0.4 is 58.6 Å². The Kier molecular flexibility index (Phi) is 16.2. The summed E-state index contributed by atoms with van der Waals surface area (Å²) in [7, 11) is 4.42. The van der Waals surface area contributed by atoms with Gasteiger partial charge in [-0.05, 0) is 51.4 Å². The largest absolute Gasteiger partial charge is 1.00 e. The first-order valence-electron chi connectivity index (χ1n) is 11.6. The fourth-order valence-electron chi connectivity index (χ4n) is 4.73. The Labute approximate surface area is 218 Å². The van der Waals surface area contributed by atoms with E-state index in [-0.39, 0.29) is 59.8 Å². The van der Waals surface area contributed by atoms with Crippen LogP contribution in [0.2, 0.25) is 0 Å². The van der Waals surface area contributed by atoms with Crippen LogP contribution in [0.3, 0.4) is 0 Å². The molecule has 0 aromatic rings. The molecule has 2 rings (SSSR count). The van der Waals surface area contributed by atoms with Crippen molar-refractivity contribution in [3.8, 4) is 0 Å². The summed E-state index contributed by atoms with van der Waals surface area (Å²) in [5, 5.41) is 6.18. The highest BCUT2D eigenvalue weighted by Crippen LogP contribution is 2.16. The number of rotatable bonds is 11. The number of hydrogen-bond acceptors (Lipinski definition) is 2. The van der Waals surface area contributed by atoms with Gasteiger partial charge in [-0.1, -0.05) is 12.8 Å². The molecular formula is C22H44I2N4O2. The number of carbonyl (C=O) groups is 2. The van der Waals surface area contributed by atoms with Gasteiger partial charge in [0, 0.05) is 13.1 Å². The third-order valence-corrected chi connectivity index (χ3v) is 6.59. The summed E-state index contributed by atoms with van der Waals surface area (Å²) in [6.07, 6.45) is 11.9. The molecule has 0 radical (unpaired) electrons. The minimum absolute atomic E-state index is 0. The minimum Gasteiger partial charge on any atom is -1.00 e. The highest BCUT2D eigenvalue weighted by atomic mass is 127. The SMILES string of the molecule is C[N+]1(CC(=O)NCCCCCCNC(=O)C[N+]2(C)CCCCC2)CCCCC1.[I-].[I-]. The van der Waals surface area contributed by atoms with Crippen molar-refractivity contribution in [2.75, 3.05) is 66.5 Å². The zero-order chi connectivity index (χ0) is 20.3. The summed E-state index contributed by atoms with van der Waals surface area (Å²) in [4.78, 5) is 24.3.